The molecule has 0 aliphatic heterocycles. The van der Waals surface area contributed by atoms with Gasteiger partial charge in [-0.3, -0.25) is 14.8 Å². The highest BCUT2D eigenvalue weighted by Crippen LogP contribution is 2.27. The summed E-state index contributed by atoms with van der Waals surface area (Å²) in [5, 5.41) is 4.84. The summed E-state index contributed by atoms with van der Waals surface area (Å²) in [7, 11) is -3.34. The molecule has 0 saturated carbocycles. The van der Waals surface area contributed by atoms with E-state index >= 15 is 0 Å². The minimum atomic E-state index is -3.34. The molecule has 1 aromatic heterocycles. The molecule has 0 bridgehead atoms. The Morgan fingerprint density at radius 1 is 1.19 bits per heavy atom. The summed E-state index contributed by atoms with van der Waals surface area (Å²) in [4.78, 5) is 16.7. The van der Waals surface area contributed by atoms with Gasteiger partial charge in [-0.2, -0.15) is 0 Å². The molecule has 0 saturated heterocycles. The first-order chi connectivity index (χ1) is 12.7. The van der Waals surface area contributed by atoms with Crippen molar-refractivity contribution in [2.45, 2.75) is 0 Å². The number of anilines is 2. The highest BCUT2D eigenvalue weighted by Gasteiger charge is 2.13. The van der Waals surface area contributed by atoms with E-state index in [0.717, 1.165) is 11.8 Å². The zero-order valence-corrected chi connectivity index (χ0v) is 17.1. The van der Waals surface area contributed by atoms with Crippen molar-refractivity contribution in [2.75, 3.05) is 16.3 Å². The molecule has 0 fully saturated rings. The number of rotatable bonds is 5. The second-order valence-electron chi connectivity index (χ2n) is 5.57. The van der Waals surface area contributed by atoms with Crippen molar-refractivity contribution in [2.24, 2.45) is 0 Å². The highest BCUT2D eigenvalue weighted by molar-refractivity contribution is 9.10. The van der Waals surface area contributed by atoms with Crippen molar-refractivity contribution in [1.29, 1.82) is 0 Å². The van der Waals surface area contributed by atoms with Gasteiger partial charge in [-0.1, -0.05) is 12.1 Å². The number of halogens is 2. The Labute approximate surface area is 167 Å². The van der Waals surface area contributed by atoms with Gasteiger partial charge in [0, 0.05) is 21.1 Å². The SMILES string of the molecule is CS(=O)(=O)Nc1ccc(-c2csc(NC(=O)c3ccc(F)cc3Br)n2)cc1. The molecule has 1 heterocycles. The third-order valence-electron chi connectivity index (χ3n) is 3.38. The number of carbonyl (C=O) groups excluding carboxylic acids is 1. The number of carbonyl (C=O) groups is 1. The molecule has 2 N–H and O–H groups in total. The van der Waals surface area contributed by atoms with Crippen LogP contribution in [-0.4, -0.2) is 25.6 Å². The Morgan fingerprint density at radius 3 is 2.52 bits per heavy atom. The van der Waals surface area contributed by atoms with Gasteiger partial charge in [-0.15, -0.1) is 11.3 Å². The number of sulfonamides is 1. The molecule has 0 spiro atoms. The van der Waals surface area contributed by atoms with Crippen LogP contribution in [0.2, 0.25) is 0 Å². The largest absolute Gasteiger partial charge is 0.298 e. The van der Waals surface area contributed by atoms with Gasteiger partial charge < -0.3 is 0 Å². The van der Waals surface area contributed by atoms with E-state index in [2.05, 4.69) is 31.0 Å². The quantitative estimate of drug-likeness (QED) is 0.581. The molecule has 6 nitrogen and oxygen atoms in total. The normalized spacial score (nSPS) is 11.2. The fourth-order valence-electron chi connectivity index (χ4n) is 2.22. The van der Waals surface area contributed by atoms with E-state index in [1.807, 2.05) is 0 Å². The van der Waals surface area contributed by atoms with E-state index in [4.69, 9.17) is 0 Å². The Kier molecular flexibility index (Phi) is 5.59. The second-order valence-corrected chi connectivity index (χ2v) is 9.03. The summed E-state index contributed by atoms with van der Waals surface area (Å²) in [6, 6.07) is 10.5. The molecule has 27 heavy (non-hydrogen) atoms. The fourth-order valence-corrected chi connectivity index (χ4v) is 4.03. The van der Waals surface area contributed by atoms with Crippen LogP contribution in [0.3, 0.4) is 0 Å². The van der Waals surface area contributed by atoms with Crippen molar-refractivity contribution in [3.63, 3.8) is 0 Å². The van der Waals surface area contributed by atoms with Gasteiger partial charge in [0.15, 0.2) is 5.13 Å². The lowest BCUT2D eigenvalue weighted by atomic mass is 10.1. The molecular formula is C17H13BrFN3O3S2. The number of nitrogens with one attached hydrogen (secondary N) is 2. The highest BCUT2D eigenvalue weighted by atomic mass is 79.9. The molecule has 3 rings (SSSR count). The maximum absolute atomic E-state index is 13.1. The smallest absolute Gasteiger partial charge is 0.258 e. The number of nitrogens with zero attached hydrogens (tertiary/aromatic N) is 1. The number of benzene rings is 2. The molecule has 0 aliphatic rings. The first kappa shape index (κ1) is 19.5. The average molecular weight is 470 g/mol. The monoisotopic (exact) mass is 469 g/mol. The lowest BCUT2D eigenvalue weighted by Gasteiger charge is -2.05. The van der Waals surface area contributed by atoms with Crippen molar-refractivity contribution in [3.05, 3.63) is 63.7 Å². The topological polar surface area (TPSA) is 88.2 Å². The van der Waals surface area contributed by atoms with E-state index in [1.54, 1.807) is 29.6 Å². The van der Waals surface area contributed by atoms with E-state index in [9.17, 15) is 17.6 Å². The van der Waals surface area contributed by atoms with Crippen LogP contribution in [0.4, 0.5) is 15.2 Å². The minimum Gasteiger partial charge on any atom is -0.298 e. The molecule has 10 heteroatoms. The van der Waals surface area contributed by atoms with E-state index < -0.39 is 21.7 Å². The Hall–Kier alpha value is -2.30. The Morgan fingerprint density at radius 2 is 1.89 bits per heavy atom. The van der Waals surface area contributed by atoms with Crippen LogP contribution in [0.25, 0.3) is 11.3 Å². The average Bonchev–Trinajstić information content (AvgIpc) is 3.02. The Bertz CT molecular complexity index is 1100. The molecule has 1 amide bonds. The predicted octanol–water partition coefficient (Wildman–Crippen LogP) is 4.34. The van der Waals surface area contributed by atoms with Crippen LogP contribution in [0.1, 0.15) is 10.4 Å². The van der Waals surface area contributed by atoms with E-state index in [0.29, 0.717) is 26.5 Å². The molecule has 3 aromatic rings. The molecule has 0 atom stereocenters. The molecule has 0 unspecified atom stereocenters. The van der Waals surface area contributed by atoms with Crippen LogP contribution in [0, 0.1) is 5.82 Å². The number of amides is 1. The Balaban J connectivity index is 1.74. The molecule has 0 radical (unpaired) electrons. The third kappa shape index (κ3) is 5.12. The number of aromatic nitrogens is 1. The summed E-state index contributed by atoms with van der Waals surface area (Å²) < 4.78 is 38.3. The zero-order valence-electron chi connectivity index (χ0n) is 13.9. The fraction of sp³-hybridized carbons (Fsp3) is 0.0588. The first-order valence-corrected chi connectivity index (χ1v) is 11.1. The van der Waals surface area contributed by atoms with Crippen molar-refractivity contribution in [1.82, 2.24) is 4.98 Å². The zero-order chi connectivity index (χ0) is 19.6. The van der Waals surface area contributed by atoms with Crippen LogP contribution < -0.4 is 10.0 Å². The van der Waals surface area contributed by atoms with Crippen molar-refractivity contribution in [3.8, 4) is 11.3 Å². The lowest BCUT2D eigenvalue weighted by molar-refractivity contribution is 0.102. The van der Waals surface area contributed by atoms with Crippen LogP contribution >= 0.6 is 27.3 Å². The van der Waals surface area contributed by atoms with E-state index in [1.165, 1.54) is 29.5 Å². The summed E-state index contributed by atoms with van der Waals surface area (Å²) in [6.07, 6.45) is 1.08. The molecule has 140 valence electrons. The number of hydrogen-bond acceptors (Lipinski definition) is 5. The first-order valence-electron chi connectivity index (χ1n) is 7.51. The van der Waals surface area contributed by atoms with Gasteiger partial charge in [0.2, 0.25) is 10.0 Å². The lowest BCUT2D eigenvalue weighted by Crippen LogP contribution is -2.12. The van der Waals surface area contributed by atoms with Crippen molar-refractivity contribution < 1.29 is 17.6 Å². The number of thiazole rings is 1. The van der Waals surface area contributed by atoms with Crippen LogP contribution in [0.5, 0.6) is 0 Å². The predicted molar refractivity (Wildman–Crippen MR) is 108 cm³/mol. The maximum atomic E-state index is 13.1. The maximum Gasteiger partial charge on any atom is 0.258 e. The van der Waals surface area contributed by atoms with Crippen LogP contribution in [0.15, 0.2) is 52.3 Å². The second kappa shape index (κ2) is 7.75. The van der Waals surface area contributed by atoms with Gasteiger partial charge in [0.25, 0.3) is 5.91 Å². The number of hydrogen-bond donors (Lipinski definition) is 2. The summed E-state index contributed by atoms with van der Waals surface area (Å²) in [6.45, 7) is 0. The van der Waals surface area contributed by atoms with Crippen molar-refractivity contribution >= 4 is 54.0 Å². The van der Waals surface area contributed by atoms with Gasteiger partial charge in [0.1, 0.15) is 5.82 Å². The van der Waals surface area contributed by atoms with Gasteiger partial charge in [-0.05, 0) is 46.3 Å². The summed E-state index contributed by atoms with van der Waals surface area (Å²) in [5.41, 5.74) is 2.16. The minimum absolute atomic E-state index is 0.296. The van der Waals surface area contributed by atoms with E-state index in [-0.39, 0.29) is 0 Å². The van der Waals surface area contributed by atoms with Gasteiger partial charge in [0.05, 0.1) is 17.5 Å². The molecular weight excluding hydrogens is 457 g/mol. The summed E-state index contributed by atoms with van der Waals surface area (Å²) in [5.74, 6) is -0.848. The standard InChI is InChI=1S/C17H13BrFN3O3S2/c1-27(24,25)22-12-5-2-10(3-6-12)15-9-26-17(20-15)21-16(23)13-7-4-11(19)8-14(13)18/h2-9,22H,1H3,(H,20,21,23). The molecule has 2 aromatic carbocycles. The van der Waals surface area contributed by atoms with Crippen LogP contribution in [-0.2, 0) is 10.0 Å². The third-order valence-corrected chi connectivity index (χ3v) is 5.40. The van der Waals surface area contributed by atoms with Gasteiger partial charge in [-0.25, -0.2) is 17.8 Å². The van der Waals surface area contributed by atoms with Gasteiger partial charge >= 0.3 is 0 Å². The summed E-state index contributed by atoms with van der Waals surface area (Å²) >= 11 is 4.41. The molecule has 0 aliphatic carbocycles.